The fourth-order valence-corrected chi connectivity index (χ4v) is 6.40. The fraction of sp³-hybridized carbons (Fsp3) is 0.250. The molecule has 1 saturated carbocycles. The van der Waals surface area contributed by atoms with E-state index in [0.717, 1.165) is 40.0 Å². The van der Waals surface area contributed by atoms with Gasteiger partial charge in [0.1, 0.15) is 7.05 Å². The molecular formula is C32H31N2O2+. The Morgan fingerprint density at radius 1 is 1.00 bits per heavy atom. The van der Waals surface area contributed by atoms with Crippen LogP contribution < -0.4 is 0 Å². The van der Waals surface area contributed by atoms with Crippen LogP contribution in [0.1, 0.15) is 35.2 Å². The van der Waals surface area contributed by atoms with E-state index in [9.17, 15) is 9.90 Å². The minimum atomic E-state index is -0.826. The molecule has 2 heterocycles. The van der Waals surface area contributed by atoms with Crippen molar-refractivity contribution in [1.29, 1.82) is 0 Å². The largest absolute Gasteiger partial charge is 0.387 e. The van der Waals surface area contributed by atoms with Gasteiger partial charge >= 0.3 is 0 Å². The van der Waals surface area contributed by atoms with Crippen molar-refractivity contribution in [3.05, 3.63) is 113 Å². The van der Waals surface area contributed by atoms with Gasteiger partial charge in [0.05, 0.1) is 17.4 Å². The van der Waals surface area contributed by atoms with Crippen molar-refractivity contribution in [2.24, 2.45) is 7.05 Å². The number of aliphatic hydroxyl groups excluding tert-OH is 1. The van der Waals surface area contributed by atoms with Gasteiger partial charge in [0, 0.05) is 46.9 Å². The molecule has 36 heavy (non-hydrogen) atoms. The lowest BCUT2D eigenvalue weighted by Crippen LogP contribution is -2.45. The Morgan fingerprint density at radius 3 is 2.42 bits per heavy atom. The summed E-state index contributed by atoms with van der Waals surface area (Å²) in [6.07, 6.45) is 1.95. The minimum absolute atomic E-state index is 0.0147. The summed E-state index contributed by atoms with van der Waals surface area (Å²) in [7, 11) is 4.08. The van der Waals surface area contributed by atoms with Crippen LogP contribution in [-0.2, 0) is 23.7 Å². The molecule has 3 atom stereocenters. The van der Waals surface area contributed by atoms with Crippen LogP contribution in [0.2, 0.25) is 0 Å². The van der Waals surface area contributed by atoms with Crippen LogP contribution in [0.4, 0.5) is 5.69 Å². The number of allylic oxidation sites excluding steroid dienone is 1. The predicted molar refractivity (Wildman–Crippen MR) is 144 cm³/mol. The molecule has 1 N–H and O–H groups in total. The SMILES string of the molecule is Cc1c(C2C(=O)C(=CC3=[N+](C)c4ccccc4C3(C)Cc3ccccc3)C2O)c2ccccc2n1C. The second-order valence-corrected chi connectivity index (χ2v) is 10.4. The first-order chi connectivity index (χ1) is 17.3. The predicted octanol–water partition coefficient (Wildman–Crippen LogP) is 5.37. The van der Waals surface area contributed by atoms with Crippen LogP contribution >= 0.6 is 0 Å². The van der Waals surface area contributed by atoms with Crippen molar-refractivity contribution in [3.8, 4) is 0 Å². The maximum atomic E-state index is 13.6. The van der Waals surface area contributed by atoms with E-state index >= 15 is 0 Å². The molecular weight excluding hydrogens is 444 g/mol. The summed E-state index contributed by atoms with van der Waals surface area (Å²) in [4.78, 5) is 13.6. The summed E-state index contributed by atoms with van der Waals surface area (Å²) >= 11 is 0. The van der Waals surface area contributed by atoms with Crippen molar-refractivity contribution in [1.82, 2.24) is 4.57 Å². The number of Topliss-reactive ketones (excluding diaryl/α,β-unsaturated/α-hetero) is 1. The summed E-state index contributed by atoms with van der Waals surface area (Å²) in [6.45, 7) is 4.28. The first-order valence-corrected chi connectivity index (χ1v) is 12.6. The van der Waals surface area contributed by atoms with Crippen LogP contribution in [0.15, 0.2) is 90.5 Å². The van der Waals surface area contributed by atoms with E-state index in [0.29, 0.717) is 5.57 Å². The third-order valence-electron chi connectivity index (χ3n) is 8.44. The van der Waals surface area contributed by atoms with Gasteiger partial charge in [0.15, 0.2) is 11.5 Å². The van der Waals surface area contributed by atoms with Crippen LogP contribution in [-0.4, -0.2) is 38.9 Å². The molecule has 0 bridgehead atoms. The number of rotatable bonds is 4. The second-order valence-electron chi connectivity index (χ2n) is 10.4. The number of aryl methyl sites for hydroxylation is 1. The molecule has 4 aromatic rings. The van der Waals surface area contributed by atoms with Gasteiger partial charge in [-0.2, -0.15) is 4.58 Å². The lowest BCUT2D eigenvalue weighted by molar-refractivity contribution is -0.401. The first-order valence-electron chi connectivity index (χ1n) is 12.6. The van der Waals surface area contributed by atoms with Gasteiger partial charge in [0.2, 0.25) is 5.69 Å². The zero-order valence-electron chi connectivity index (χ0n) is 21.2. The summed E-state index contributed by atoms with van der Waals surface area (Å²) in [5.74, 6) is -0.515. The van der Waals surface area contributed by atoms with Gasteiger partial charge < -0.3 is 9.67 Å². The van der Waals surface area contributed by atoms with Crippen molar-refractivity contribution in [2.45, 2.75) is 37.7 Å². The number of nitrogens with zero attached hydrogens (tertiary/aromatic N) is 2. The van der Waals surface area contributed by atoms with Crippen molar-refractivity contribution >= 4 is 28.1 Å². The van der Waals surface area contributed by atoms with E-state index in [1.807, 2.05) is 44.3 Å². The Labute approximate surface area is 211 Å². The summed E-state index contributed by atoms with van der Waals surface area (Å²) in [6, 6.07) is 27.0. The number of aromatic nitrogens is 1. The molecule has 3 unspecified atom stereocenters. The Balaban J connectivity index is 1.43. The average Bonchev–Trinajstić information content (AvgIpc) is 3.26. The van der Waals surface area contributed by atoms with E-state index in [1.54, 1.807) is 0 Å². The number of carbonyl (C=O) groups is 1. The highest BCUT2D eigenvalue weighted by Gasteiger charge is 2.51. The maximum absolute atomic E-state index is 13.6. The number of carbonyl (C=O) groups excluding carboxylic acids is 1. The highest BCUT2D eigenvalue weighted by atomic mass is 16.3. The normalized spacial score (nSPS) is 24.5. The third kappa shape index (κ3) is 3.11. The molecule has 4 nitrogen and oxygen atoms in total. The zero-order valence-corrected chi connectivity index (χ0v) is 21.2. The maximum Gasteiger partial charge on any atom is 0.209 e. The summed E-state index contributed by atoms with van der Waals surface area (Å²) in [5.41, 5.74) is 7.91. The Hall–Kier alpha value is -3.76. The molecule has 0 spiro atoms. The molecule has 0 saturated heterocycles. The number of fused-ring (bicyclic) bond motifs is 2. The molecule has 1 fully saturated rings. The van der Waals surface area contributed by atoms with Crippen molar-refractivity contribution in [3.63, 3.8) is 0 Å². The third-order valence-corrected chi connectivity index (χ3v) is 8.44. The van der Waals surface area contributed by atoms with Crippen LogP contribution in [0.25, 0.3) is 10.9 Å². The minimum Gasteiger partial charge on any atom is -0.387 e. The van der Waals surface area contributed by atoms with Gasteiger partial charge in [-0.3, -0.25) is 4.79 Å². The van der Waals surface area contributed by atoms with Crippen LogP contribution in [0.5, 0.6) is 0 Å². The van der Waals surface area contributed by atoms with E-state index in [1.165, 1.54) is 11.1 Å². The number of hydrogen-bond acceptors (Lipinski definition) is 2. The Morgan fingerprint density at radius 2 is 1.67 bits per heavy atom. The van der Waals surface area contributed by atoms with Gasteiger partial charge in [-0.15, -0.1) is 0 Å². The lowest BCUT2D eigenvalue weighted by Gasteiger charge is -2.35. The van der Waals surface area contributed by atoms with Crippen LogP contribution in [0.3, 0.4) is 0 Å². The van der Waals surface area contributed by atoms with E-state index in [2.05, 4.69) is 77.7 Å². The fourth-order valence-electron chi connectivity index (χ4n) is 6.40. The second kappa shape index (κ2) is 8.14. The molecule has 1 aromatic heterocycles. The number of hydrogen-bond donors (Lipinski definition) is 1. The topological polar surface area (TPSA) is 45.2 Å². The van der Waals surface area contributed by atoms with Crippen molar-refractivity contribution < 1.29 is 14.5 Å². The molecule has 180 valence electrons. The van der Waals surface area contributed by atoms with Crippen molar-refractivity contribution in [2.75, 3.05) is 7.05 Å². The molecule has 6 rings (SSSR count). The Bertz CT molecular complexity index is 1590. The van der Waals surface area contributed by atoms with E-state index < -0.39 is 12.0 Å². The molecule has 0 amide bonds. The van der Waals surface area contributed by atoms with Gasteiger partial charge in [-0.05, 0) is 37.5 Å². The smallest absolute Gasteiger partial charge is 0.209 e. The average molecular weight is 476 g/mol. The summed E-state index contributed by atoms with van der Waals surface area (Å²) in [5, 5.41) is 12.4. The van der Waals surface area contributed by atoms with Gasteiger partial charge in [-0.25, -0.2) is 0 Å². The Kier molecular flexibility index (Phi) is 5.13. The van der Waals surface area contributed by atoms with E-state index in [4.69, 9.17) is 0 Å². The molecule has 2 aliphatic rings. The number of aliphatic hydroxyl groups is 1. The lowest BCUT2D eigenvalue weighted by atomic mass is 9.68. The zero-order chi connectivity index (χ0) is 25.2. The molecule has 1 aliphatic carbocycles. The van der Waals surface area contributed by atoms with E-state index in [-0.39, 0.29) is 11.2 Å². The number of benzene rings is 3. The quantitative estimate of drug-likeness (QED) is 0.319. The molecule has 4 heteroatoms. The van der Waals surface area contributed by atoms with Crippen LogP contribution in [0, 0.1) is 6.92 Å². The number of ketones is 1. The van der Waals surface area contributed by atoms with Gasteiger partial charge in [0.25, 0.3) is 0 Å². The highest BCUT2D eigenvalue weighted by molar-refractivity contribution is 6.16. The number of para-hydroxylation sites is 2. The van der Waals surface area contributed by atoms with Gasteiger partial charge in [-0.1, -0.05) is 66.7 Å². The molecule has 3 aromatic carbocycles. The molecule has 0 radical (unpaired) electrons. The standard InChI is InChI=1S/C32H31N2O2/c1-20-28(22-14-8-10-16-25(22)33(20)3)29-30(35)23(31(29)36)18-27-32(2,19-21-12-6-5-7-13-21)24-15-9-11-17-26(24)34(27)4/h5-18,29-30,35H,19H2,1-4H3/q+1. The highest BCUT2D eigenvalue weighted by Crippen LogP contribution is 2.46. The first kappa shape index (κ1) is 22.7. The summed E-state index contributed by atoms with van der Waals surface area (Å²) < 4.78 is 4.29. The monoisotopic (exact) mass is 475 g/mol. The molecule has 1 aliphatic heterocycles.